The monoisotopic (exact) mass is 289 g/mol. The quantitative estimate of drug-likeness (QED) is 0.935. The van der Waals surface area contributed by atoms with Crippen molar-refractivity contribution in [3.05, 3.63) is 41.1 Å². The van der Waals surface area contributed by atoms with E-state index in [-0.39, 0.29) is 0 Å². The molecule has 1 aliphatic carbocycles. The Balaban J connectivity index is 2.12. The van der Waals surface area contributed by atoms with Crippen molar-refractivity contribution in [1.82, 2.24) is 9.97 Å². The summed E-state index contributed by atoms with van der Waals surface area (Å²) in [7, 11) is 0. The second-order valence-electron chi connectivity index (χ2n) is 5.22. The summed E-state index contributed by atoms with van der Waals surface area (Å²) in [4.78, 5) is 9.00. The SMILES string of the molecule is CCNc1nc(-c2cc(F)cc(F)c2)nc2c1CCCC2. The van der Waals surface area contributed by atoms with Gasteiger partial charge < -0.3 is 5.32 Å². The molecular weight excluding hydrogens is 272 g/mol. The minimum absolute atomic E-state index is 0.375. The van der Waals surface area contributed by atoms with Gasteiger partial charge in [-0.1, -0.05) is 0 Å². The van der Waals surface area contributed by atoms with E-state index in [1.54, 1.807) is 0 Å². The molecule has 1 aromatic carbocycles. The van der Waals surface area contributed by atoms with Gasteiger partial charge in [0.15, 0.2) is 5.82 Å². The molecule has 3 nitrogen and oxygen atoms in total. The Morgan fingerprint density at radius 3 is 2.48 bits per heavy atom. The lowest BCUT2D eigenvalue weighted by molar-refractivity contribution is 0.584. The molecule has 0 amide bonds. The number of fused-ring (bicyclic) bond motifs is 1. The second-order valence-corrected chi connectivity index (χ2v) is 5.22. The number of nitrogens with zero attached hydrogens (tertiary/aromatic N) is 2. The molecule has 0 radical (unpaired) electrons. The molecule has 0 unspecified atom stereocenters. The van der Waals surface area contributed by atoms with Crippen molar-refractivity contribution in [2.24, 2.45) is 0 Å². The second kappa shape index (κ2) is 5.76. The lowest BCUT2D eigenvalue weighted by Gasteiger charge is -2.19. The van der Waals surface area contributed by atoms with Gasteiger partial charge in [0, 0.05) is 29.4 Å². The number of hydrogen-bond acceptors (Lipinski definition) is 3. The highest BCUT2D eigenvalue weighted by Crippen LogP contribution is 2.28. The Bertz CT molecular complexity index is 651. The number of aromatic nitrogens is 2. The van der Waals surface area contributed by atoms with Gasteiger partial charge in [0.25, 0.3) is 0 Å². The zero-order chi connectivity index (χ0) is 14.8. The molecular formula is C16H17F2N3. The predicted octanol–water partition coefficient (Wildman–Crippen LogP) is 3.73. The lowest BCUT2D eigenvalue weighted by Crippen LogP contribution is -2.13. The first kappa shape index (κ1) is 13.9. The molecule has 1 heterocycles. The predicted molar refractivity (Wildman–Crippen MR) is 78.2 cm³/mol. The zero-order valence-electron chi connectivity index (χ0n) is 11.9. The van der Waals surface area contributed by atoms with Crippen LogP contribution in [0.4, 0.5) is 14.6 Å². The van der Waals surface area contributed by atoms with Gasteiger partial charge >= 0.3 is 0 Å². The van der Waals surface area contributed by atoms with Crippen molar-refractivity contribution < 1.29 is 8.78 Å². The lowest BCUT2D eigenvalue weighted by atomic mass is 9.96. The van der Waals surface area contributed by atoms with E-state index in [1.165, 1.54) is 12.1 Å². The summed E-state index contributed by atoms with van der Waals surface area (Å²) in [5, 5.41) is 3.24. The molecule has 110 valence electrons. The maximum absolute atomic E-state index is 13.4. The Labute approximate surface area is 122 Å². The fourth-order valence-corrected chi connectivity index (χ4v) is 2.72. The van der Waals surface area contributed by atoms with Crippen molar-refractivity contribution in [2.75, 3.05) is 11.9 Å². The van der Waals surface area contributed by atoms with Gasteiger partial charge in [0.05, 0.1) is 0 Å². The molecule has 1 N–H and O–H groups in total. The topological polar surface area (TPSA) is 37.8 Å². The fraction of sp³-hybridized carbons (Fsp3) is 0.375. The van der Waals surface area contributed by atoms with Crippen LogP contribution in [0, 0.1) is 11.6 Å². The van der Waals surface area contributed by atoms with Crippen LogP contribution in [0.1, 0.15) is 31.0 Å². The molecule has 0 atom stereocenters. The Morgan fingerprint density at radius 1 is 1.05 bits per heavy atom. The van der Waals surface area contributed by atoms with Crippen LogP contribution in [0.2, 0.25) is 0 Å². The first-order valence-electron chi connectivity index (χ1n) is 7.27. The molecule has 0 saturated heterocycles. The van der Waals surface area contributed by atoms with Crippen LogP contribution in [0.15, 0.2) is 18.2 Å². The maximum Gasteiger partial charge on any atom is 0.161 e. The minimum Gasteiger partial charge on any atom is -0.370 e. The van der Waals surface area contributed by atoms with Crippen molar-refractivity contribution in [3.63, 3.8) is 0 Å². The van der Waals surface area contributed by atoms with Gasteiger partial charge in [0.2, 0.25) is 0 Å². The van der Waals surface area contributed by atoms with E-state index in [2.05, 4.69) is 15.3 Å². The first-order valence-corrected chi connectivity index (χ1v) is 7.27. The van der Waals surface area contributed by atoms with E-state index in [4.69, 9.17) is 0 Å². The number of anilines is 1. The molecule has 0 bridgehead atoms. The highest BCUT2D eigenvalue weighted by atomic mass is 19.1. The zero-order valence-corrected chi connectivity index (χ0v) is 11.9. The largest absolute Gasteiger partial charge is 0.370 e. The summed E-state index contributed by atoms with van der Waals surface area (Å²) in [6.07, 6.45) is 4.06. The number of aryl methyl sites for hydroxylation is 1. The highest BCUT2D eigenvalue weighted by molar-refractivity contribution is 5.60. The molecule has 1 aliphatic rings. The third-order valence-corrected chi connectivity index (χ3v) is 3.65. The van der Waals surface area contributed by atoms with Crippen molar-refractivity contribution in [1.29, 1.82) is 0 Å². The summed E-state index contributed by atoms with van der Waals surface area (Å²) in [5.41, 5.74) is 2.51. The van der Waals surface area contributed by atoms with Crippen molar-refractivity contribution >= 4 is 5.82 Å². The molecule has 3 rings (SSSR count). The van der Waals surface area contributed by atoms with E-state index >= 15 is 0 Å². The van der Waals surface area contributed by atoms with E-state index in [1.807, 2.05) is 6.92 Å². The molecule has 0 aliphatic heterocycles. The Morgan fingerprint density at radius 2 is 1.76 bits per heavy atom. The minimum atomic E-state index is -0.615. The number of nitrogens with one attached hydrogen (secondary N) is 1. The van der Waals surface area contributed by atoms with Crippen LogP contribution >= 0.6 is 0 Å². The normalized spacial score (nSPS) is 13.9. The number of benzene rings is 1. The summed E-state index contributed by atoms with van der Waals surface area (Å²) in [6, 6.07) is 3.39. The molecule has 0 spiro atoms. The average molecular weight is 289 g/mol. The van der Waals surface area contributed by atoms with E-state index < -0.39 is 11.6 Å². The van der Waals surface area contributed by atoms with Crippen LogP contribution in [-0.2, 0) is 12.8 Å². The smallest absolute Gasteiger partial charge is 0.161 e. The van der Waals surface area contributed by atoms with E-state index in [9.17, 15) is 8.78 Å². The van der Waals surface area contributed by atoms with E-state index in [0.29, 0.717) is 11.4 Å². The van der Waals surface area contributed by atoms with Gasteiger partial charge in [0.1, 0.15) is 17.5 Å². The summed E-state index contributed by atoms with van der Waals surface area (Å²) < 4.78 is 26.8. The van der Waals surface area contributed by atoms with Crippen LogP contribution in [0.25, 0.3) is 11.4 Å². The molecule has 1 aromatic heterocycles. The average Bonchev–Trinajstić information content (AvgIpc) is 2.46. The van der Waals surface area contributed by atoms with E-state index in [0.717, 1.165) is 55.4 Å². The van der Waals surface area contributed by atoms with Crippen molar-refractivity contribution in [3.8, 4) is 11.4 Å². The maximum atomic E-state index is 13.4. The Kier molecular flexibility index (Phi) is 3.82. The molecule has 5 heteroatoms. The molecule has 0 saturated carbocycles. The standard InChI is InChI=1S/C16H17F2N3/c1-2-19-16-13-5-3-4-6-14(13)20-15(21-16)10-7-11(17)9-12(18)8-10/h7-9H,2-6H2,1H3,(H,19,20,21). The third kappa shape index (κ3) is 2.86. The fourth-order valence-electron chi connectivity index (χ4n) is 2.72. The van der Waals surface area contributed by atoms with Gasteiger partial charge in [-0.05, 0) is 44.7 Å². The summed E-state index contributed by atoms with van der Waals surface area (Å²) in [5.74, 6) is -0.0560. The third-order valence-electron chi connectivity index (χ3n) is 3.65. The van der Waals surface area contributed by atoms with Gasteiger partial charge in [-0.2, -0.15) is 0 Å². The number of hydrogen-bond donors (Lipinski definition) is 1. The van der Waals surface area contributed by atoms with Crippen molar-refractivity contribution in [2.45, 2.75) is 32.6 Å². The van der Waals surface area contributed by atoms with Crippen LogP contribution in [-0.4, -0.2) is 16.5 Å². The summed E-state index contributed by atoms with van der Waals surface area (Å²) in [6.45, 7) is 2.75. The summed E-state index contributed by atoms with van der Waals surface area (Å²) >= 11 is 0. The molecule has 0 fully saturated rings. The highest BCUT2D eigenvalue weighted by Gasteiger charge is 2.18. The van der Waals surface area contributed by atoms with Gasteiger partial charge in [-0.15, -0.1) is 0 Å². The number of halogens is 2. The first-order chi connectivity index (χ1) is 10.2. The Hall–Kier alpha value is -2.04. The molecule has 2 aromatic rings. The van der Waals surface area contributed by atoms with Crippen LogP contribution < -0.4 is 5.32 Å². The number of rotatable bonds is 3. The van der Waals surface area contributed by atoms with Gasteiger partial charge in [-0.3, -0.25) is 0 Å². The van der Waals surface area contributed by atoms with Gasteiger partial charge in [-0.25, -0.2) is 18.7 Å². The van der Waals surface area contributed by atoms with Crippen LogP contribution in [0.3, 0.4) is 0 Å². The van der Waals surface area contributed by atoms with Crippen LogP contribution in [0.5, 0.6) is 0 Å². The molecule has 21 heavy (non-hydrogen) atoms.